The molecule has 5 nitrogen and oxygen atoms in total. The molecule has 0 unspecified atom stereocenters. The second kappa shape index (κ2) is 8.18. The van der Waals surface area contributed by atoms with Crippen molar-refractivity contribution in [3.05, 3.63) is 76.4 Å². The topological polar surface area (TPSA) is 68.3 Å². The first-order chi connectivity index (χ1) is 13.0. The predicted octanol–water partition coefficient (Wildman–Crippen LogP) is 4.23. The lowest BCUT2D eigenvalue weighted by Crippen LogP contribution is -2.31. The van der Waals surface area contributed by atoms with E-state index in [0.717, 1.165) is 5.56 Å². The van der Waals surface area contributed by atoms with E-state index < -0.39 is 11.9 Å². The number of benzene rings is 2. The lowest BCUT2D eigenvalue weighted by molar-refractivity contribution is -0.124. The van der Waals surface area contributed by atoms with Crippen LogP contribution in [0.5, 0.6) is 0 Å². The lowest BCUT2D eigenvalue weighted by atomic mass is 10.1. The van der Waals surface area contributed by atoms with Gasteiger partial charge in [-0.2, -0.15) is 0 Å². The maximum Gasteiger partial charge on any atom is 0.339 e. The van der Waals surface area contributed by atoms with Crippen molar-refractivity contribution in [2.24, 2.45) is 0 Å². The number of hydrogen-bond acceptors (Lipinski definition) is 4. The highest BCUT2D eigenvalue weighted by Gasteiger charge is 2.17. The van der Waals surface area contributed by atoms with Gasteiger partial charge in [-0.15, -0.1) is 0 Å². The van der Waals surface area contributed by atoms with Crippen LogP contribution in [0.15, 0.2) is 54.6 Å². The SMILES string of the molecule is Cc1cc(C(=O)OCC(=O)N[C@@H](C)c2ccccc2Cl)c2ccccc2n1. The third-order valence-electron chi connectivity index (χ3n) is 4.15. The summed E-state index contributed by atoms with van der Waals surface area (Å²) in [5.74, 6) is -0.955. The third kappa shape index (κ3) is 4.44. The van der Waals surface area contributed by atoms with Gasteiger partial charge in [-0.05, 0) is 37.6 Å². The number of para-hydroxylation sites is 1. The second-order valence-electron chi connectivity index (χ2n) is 6.22. The van der Waals surface area contributed by atoms with Gasteiger partial charge in [-0.1, -0.05) is 48.0 Å². The zero-order valence-corrected chi connectivity index (χ0v) is 15.8. The molecule has 0 aliphatic heterocycles. The van der Waals surface area contributed by atoms with Crippen LogP contribution < -0.4 is 5.32 Å². The molecule has 1 amide bonds. The fourth-order valence-electron chi connectivity index (χ4n) is 2.87. The number of hydrogen-bond donors (Lipinski definition) is 1. The number of esters is 1. The van der Waals surface area contributed by atoms with E-state index in [1.54, 1.807) is 25.1 Å². The number of aromatic nitrogens is 1. The van der Waals surface area contributed by atoms with E-state index in [9.17, 15) is 9.59 Å². The molecule has 0 aliphatic rings. The Bertz CT molecular complexity index is 1000. The number of rotatable bonds is 5. The molecule has 0 saturated heterocycles. The molecule has 0 radical (unpaired) electrons. The molecule has 0 spiro atoms. The standard InChI is InChI=1S/C21H19ClN2O3/c1-13-11-17(16-8-4-6-10-19(16)23-13)21(26)27-12-20(25)24-14(2)15-7-3-5-9-18(15)22/h3-11,14H,12H2,1-2H3,(H,24,25)/t14-/m0/s1. The molecular formula is C21H19ClN2O3. The molecule has 3 aromatic rings. The predicted molar refractivity (Wildman–Crippen MR) is 105 cm³/mol. The fraction of sp³-hybridized carbons (Fsp3) is 0.190. The molecule has 1 atom stereocenters. The molecule has 2 aromatic carbocycles. The van der Waals surface area contributed by atoms with Crippen LogP contribution in [0.1, 0.15) is 34.6 Å². The summed E-state index contributed by atoms with van der Waals surface area (Å²) in [5, 5.41) is 4.04. The zero-order chi connectivity index (χ0) is 19.4. The first-order valence-electron chi connectivity index (χ1n) is 8.53. The van der Waals surface area contributed by atoms with E-state index in [2.05, 4.69) is 10.3 Å². The van der Waals surface area contributed by atoms with Gasteiger partial charge in [0.2, 0.25) is 0 Å². The van der Waals surface area contributed by atoms with Crippen molar-refractivity contribution >= 4 is 34.4 Å². The Labute approximate surface area is 162 Å². The Hall–Kier alpha value is -2.92. The zero-order valence-electron chi connectivity index (χ0n) is 15.0. The first-order valence-corrected chi connectivity index (χ1v) is 8.91. The highest BCUT2D eigenvalue weighted by Crippen LogP contribution is 2.22. The van der Waals surface area contributed by atoms with E-state index in [0.29, 0.717) is 27.2 Å². The van der Waals surface area contributed by atoms with Crippen molar-refractivity contribution in [3.8, 4) is 0 Å². The Morgan fingerprint density at radius 1 is 1.15 bits per heavy atom. The Morgan fingerprint density at radius 3 is 2.63 bits per heavy atom. The van der Waals surface area contributed by atoms with Crippen LogP contribution in [0.4, 0.5) is 0 Å². The van der Waals surface area contributed by atoms with Crippen molar-refractivity contribution < 1.29 is 14.3 Å². The minimum atomic E-state index is -0.558. The van der Waals surface area contributed by atoms with Gasteiger partial charge in [0.05, 0.1) is 17.1 Å². The molecule has 138 valence electrons. The molecule has 0 aliphatic carbocycles. The molecular weight excluding hydrogens is 364 g/mol. The van der Waals surface area contributed by atoms with Gasteiger partial charge in [-0.25, -0.2) is 4.79 Å². The van der Waals surface area contributed by atoms with Gasteiger partial charge in [0.1, 0.15) is 0 Å². The quantitative estimate of drug-likeness (QED) is 0.670. The molecule has 0 fully saturated rings. The van der Waals surface area contributed by atoms with Crippen molar-refractivity contribution in [2.75, 3.05) is 6.61 Å². The maximum atomic E-state index is 12.5. The first kappa shape index (κ1) is 18.9. The number of carbonyl (C=O) groups is 2. The van der Waals surface area contributed by atoms with Crippen molar-refractivity contribution in [1.82, 2.24) is 10.3 Å². The lowest BCUT2D eigenvalue weighted by Gasteiger charge is -2.16. The van der Waals surface area contributed by atoms with Crippen LogP contribution in [0, 0.1) is 6.92 Å². The number of aryl methyl sites for hydroxylation is 1. The monoisotopic (exact) mass is 382 g/mol. The summed E-state index contributed by atoms with van der Waals surface area (Å²) in [6, 6.07) is 15.9. The summed E-state index contributed by atoms with van der Waals surface area (Å²) in [6.07, 6.45) is 0. The second-order valence-corrected chi connectivity index (χ2v) is 6.62. The molecule has 1 aromatic heterocycles. The van der Waals surface area contributed by atoms with Crippen molar-refractivity contribution in [2.45, 2.75) is 19.9 Å². The molecule has 1 heterocycles. The Morgan fingerprint density at radius 2 is 1.85 bits per heavy atom. The fourth-order valence-corrected chi connectivity index (χ4v) is 3.17. The van der Waals surface area contributed by atoms with E-state index in [4.69, 9.17) is 16.3 Å². The van der Waals surface area contributed by atoms with E-state index in [1.165, 1.54) is 0 Å². The summed E-state index contributed by atoms with van der Waals surface area (Å²) in [7, 11) is 0. The van der Waals surface area contributed by atoms with E-state index >= 15 is 0 Å². The number of carbonyl (C=O) groups excluding carboxylic acids is 2. The van der Waals surface area contributed by atoms with Crippen molar-refractivity contribution in [3.63, 3.8) is 0 Å². The van der Waals surface area contributed by atoms with Crippen LogP contribution in [0.25, 0.3) is 10.9 Å². The average Bonchev–Trinajstić information content (AvgIpc) is 2.65. The maximum absolute atomic E-state index is 12.5. The number of nitrogens with one attached hydrogen (secondary N) is 1. The van der Waals surface area contributed by atoms with Crippen LogP contribution in [0.2, 0.25) is 5.02 Å². The number of amides is 1. The molecule has 0 saturated carbocycles. The average molecular weight is 383 g/mol. The number of nitrogens with zero attached hydrogens (tertiary/aromatic N) is 1. The van der Waals surface area contributed by atoms with Gasteiger partial charge in [0.15, 0.2) is 6.61 Å². The van der Waals surface area contributed by atoms with Gasteiger partial charge < -0.3 is 10.1 Å². The van der Waals surface area contributed by atoms with Gasteiger partial charge in [-0.3, -0.25) is 9.78 Å². The molecule has 6 heteroatoms. The summed E-state index contributed by atoms with van der Waals surface area (Å²) in [4.78, 5) is 29.0. The van der Waals surface area contributed by atoms with Gasteiger partial charge in [0, 0.05) is 16.1 Å². The number of pyridine rings is 1. The smallest absolute Gasteiger partial charge is 0.339 e. The number of fused-ring (bicyclic) bond motifs is 1. The molecule has 1 N–H and O–H groups in total. The third-order valence-corrected chi connectivity index (χ3v) is 4.49. The van der Waals surface area contributed by atoms with Crippen LogP contribution in [0.3, 0.4) is 0 Å². The molecule has 27 heavy (non-hydrogen) atoms. The Balaban J connectivity index is 1.66. The normalized spacial score (nSPS) is 11.8. The van der Waals surface area contributed by atoms with Crippen LogP contribution >= 0.6 is 11.6 Å². The molecule has 3 rings (SSSR count). The largest absolute Gasteiger partial charge is 0.452 e. The van der Waals surface area contributed by atoms with Crippen molar-refractivity contribution in [1.29, 1.82) is 0 Å². The van der Waals surface area contributed by atoms with Gasteiger partial charge in [0.25, 0.3) is 5.91 Å². The van der Waals surface area contributed by atoms with Crippen LogP contribution in [-0.4, -0.2) is 23.5 Å². The summed E-state index contributed by atoms with van der Waals surface area (Å²) in [5.41, 5.74) is 2.61. The summed E-state index contributed by atoms with van der Waals surface area (Å²) < 4.78 is 5.21. The minimum Gasteiger partial charge on any atom is -0.452 e. The summed E-state index contributed by atoms with van der Waals surface area (Å²) >= 11 is 6.14. The minimum absolute atomic E-state index is 0.297. The summed E-state index contributed by atoms with van der Waals surface area (Å²) in [6.45, 7) is 3.26. The van der Waals surface area contributed by atoms with E-state index in [1.807, 2.05) is 43.3 Å². The molecule has 0 bridgehead atoms. The number of ether oxygens (including phenoxy) is 1. The van der Waals surface area contributed by atoms with Crippen LogP contribution in [-0.2, 0) is 9.53 Å². The van der Waals surface area contributed by atoms with Gasteiger partial charge >= 0.3 is 5.97 Å². The Kier molecular flexibility index (Phi) is 5.72. The van der Waals surface area contributed by atoms with E-state index in [-0.39, 0.29) is 12.6 Å². The highest BCUT2D eigenvalue weighted by molar-refractivity contribution is 6.31. The number of halogens is 1. The highest BCUT2D eigenvalue weighted by atomic mass is 35.5.